The molecule has 0 spiro atoms. The van der Waals surface area contributed by atoms with Crippen molar-refractivity contribution in [1.29, 1.82) is 0 Å². The number of imidazole rings is 1. The SMILES string of the molecule is CCCCc1cn(C2C(C)C2C(C)=O)c(=O)n1Cc1cnccc1-c1ccc(-c2nnn[nH]2)cc1. The summed E-state index contributed by atoms with van der Waals surface area (Å²) < 4.78 is 3.64. The van der Waals surface area contributed by atoms with Crippen LogP contribution < -0.4 is 5.69 Å². The Bertz CT molecular complexity index is 1390. The lowest BCUT2D eigenvalue weighted by molar-refractivity contribution is -0.118. The van der Waals surface area contributed by atoms with Gasteiger partial charge in [0.2, 0.25) is 0 Å². The molecular formula is C26H29N7O2. The van der Waals surface area contributed by atoms with Crippen LogP contribution in [0.5, 0.6) is 0 Å². The number of aromatic amines is 1. The lowest BCUT2D eigenvalue weighted by Crippen LogP contribution is -2.26. The number of carbonyl (C=O) groups excluding carboxylic acids is 1. The van der Waals surface area contributed by atoms with E-state index in [1.165, 1.54) is 0 Å². The van der Waals surface area contributed by atoms with Crippen LogP contribution in [0.2, 0.25) is 0 Å². The van der Waals surface area contributed by atoms with E-state index in [4.69, 9.17) is 0 Å². The highest BCUT2D eigenvalue weighted by Crippen LogP contribution is 2.50. The Morgan fingerprint density at radius 1 is 1.14 bits per heavy atom. The van der Waals surface area contributed by atoms with E-state index < -0.39 is 0 Å². The first kappa shape index (κ1) is 22.9. The summed E-state index contributed by atoms with van der Waals surface area (Å²) in [6, 6.07) is 9.90. The Kier molecular flexibility index (Phi) is 6.15. The quantitative estimate of drug-likeness (QED) is 0.399. The smallest absolute Gasteiger partial charge is 0.300 e. The number of benzene rings is 1. The van der Waals surface area contributed by atoms with Crippen LogP contribution >= 0.6 is 0 Å². The number of pyridine rings is 1. The minimum Gasteiger partial charge on any atom is -0.300 e. The number of hydrogen-bond acceptors (Lipinski definition) is 6. The minimum absolute atomic E-state index is 0.0480. The Morgan fingerprint density at radius 3 is 2.57 bits per heavy atom. The molecule has 3 aromatic heterocycles. The van der Waals surface area contributed by atoms with Crippen LogP contribution in [-0.4, -0.2) is 40.5 Å². The molecule has 5 rings (SSSR count). The molecule has 1 saturated carbocycles. The fourth-order valence-electron chi connectivity index (χ4n) is 5.06. The zero-order valence-corrected chi connectivity index (χ0v) is 20.2. The van der Waals surface area contributed by atoms with Crippen LogP contribution in [0.25, 0.3) is 22.5 Å². The van der Waals surface area contributed by atoms with Crippen molar-refractivity contribution >= 4 is 5.78 Å². The zero-order valence-electron chi connectivity index (χ0n) is 20.2. The molecule has 1 N–H and O–H groups in total. The summed E-state index contributed by atoms with van der Waals surface area (Å²) in [5.74, 6) is 0.871. The molecule has 3 heterocycles. The van der Waals surface area contributed by atoms with Crippen LogP contribution in [0.4, 0.5) is 0 Å². The number of hydrogen-bond donors (Lipinski definition) is 1. The van der Waals surface area contributed by atoms with E-state index in [9.17, 15) is 9.59 Å². The van der Waals surface area contributed by atoms with Gasteiger partial charge in [-0.05, 0) is 58.9 Å². The second kappa shape index (κ2) is 9.40. The molecule has 0 saturated heterocycles. The Hall–Kier alpha value is -3.88. The van der Waals surface area contributed by atoms with Gasteiger partial charge < -0.3 is 0 Å². The maximum Gasteiger partial charge on any atom is 0.328 e. The van der Waals surface area contributed by atoms with Gasteiger partial charge in [-0.25, -0.2) is 9.89 Å². The van der Waals surface area contributed by atoms with Crippen LogP contribution in [0, 0.1) is 11.8 Å². The lowest BCUT2D eigenvalue weighted by Gasteiger charge is -2.12. The number of Topliss-reactive ketones (excluding diaryl/α,β-unsaturated/α-hetero) is 1. The van der Waals surface area contributed by atoms with Crippen molar-refractivity contribution in [1.82, 2.24) is 34.7 Å². The summed E-state index contributed by atoms with van der Waals surface area (Å²) in [5, 5.41) is 14.0. The van der Waals surface area contributed by atoms with Gasteiger partial charge in [0.1, 0.15) is 5.78 Å². The first-order valence-corrected chi connectivity index (χ1v) is 12.1. The van der Waals surface area contributed by atoms with Gasteiger partial charge in [0.05, 0.1) is 12.6 Å². The minimum atomic E-state index is -0.0744. The second-order valence-electron chi connectivity index (χ2n) is 9.35. The molecule has 0 amide bonds. The molecule has 3 unspecified atom stereocenters. The van der Waals surface area contributed by atoms with Crippen LogP contribution in [0.15, 0.2) is 53.7 Å². The van der Waals surface area contributed by atoms with E-state index >= 15 is 0 Å². The monoisotopic (exact) mass is 471 g/mol. The van der Waals surface area contributed by atoms with Gasteiger partial charge in [-0.15, -0.1) is 5.10 Å². The number of aryl methyl sites for hydroxylation is 1. The molecule has 180 valence electrons. The van der Waals surface area contributed by atoms with E-state index in [0.717, 1.165) is 47.2 Å². The highest BCUT2D eigenvalue weighted by atomic mass is 16.2. The number of carbonyl (C=O) groups is 1. The Balaban J connectivity index is 1.49. The second-order valence-corrected chi connectivity index (χ2v) is 9.35. The highest BCUT2D eigenvalue weighted by molar-refractivity contribution is 5.82. The molecule has 1 fully saturated rings. The predicted molar refractivity (Wildman–Crippen MR) is 132 cm³/mol. The van der Waals surface area contributed by atoms with Crippen molar-refractivity contribution in [3.05, 3.63) is 70.7 Å². The van der Waals surface area contributed by atoms with Crippen molar-refractivity contribution in [3.8, 4) is 22.5 Å². The van der Waals surface area contributed by atoms with Crippen molar-refractivity contribution in [2.75, 3.05) is 0 Å². The van der Waals surface area contributed by atoms with E-state index in [0.29, 0.717) is 12.4 Å². The molecule has 0 aliphatic heterocycles. The molecule has 3 atom stereocenters. The standard InChI is InChI=1S/C26H29N7O2/c1-4-5-6-21-15-33(24-16(2)23(24)17(3)34)26(35)32(21)14-20-13-27-12-11-22(20)18-7-9-19(10-8-18)25-28-30-31-29-25/h7-13,15-16,23-24H,4-6,14H2,1-3H3,(H,28,29,30,31). The summed E-state index contributed by atoms with van der Waals surface area (Å²) in [7, 11) is 0. The third-order valence-corrected chi connectivity index (χ3v) is 7.04. The zero-order chi connectivity index (χ0) is 24.5. The molecule has 0 bridgehead atoms. The normalized spacial score (nSPS) is 19.1. The van der Waals surface area contributed by atoms with Crippen molar-refractivity contribution < 1.29 is 4.79 Å². The van der Waals surface area contributed by atoms with Crippen LogP contribution in [-0.2, 0) is 17.8 Å². The van der Waals surface area contributed by atoms with Gasteiger partial charge in [0.25, 0.3) is 0 Å². The largest absolute Gasteiger partial charge is 0.328 e. The molecule has 1 aliphatic carbocycles. The van der Waals surface area contributed by atoms with Gasteiger partial charge in [-0.3, -0.25) is 18.9 Å². The van der Waals surface area contributed by atoms with E-state index in [-0.39, 0.29) is 29.4 Å². The van der Waals surface area contributed by atoms with Crippen molar-refractivity contribution in [2.45, 2.75) is 52.6 Å². The molecule has 9 heteroatoms. The summed E-state index contributed by atoms with van der Waals surface area (Å²) >= 11 is 0. The molecule has 35 heavy (non-hydrogen) atoms. The van der Waals surface area contributed by atoms with Crippen LogP contribution in [0.1, 0.15) is 50.9 Å². The maximum absolute atomic E-state index is 13.5. The number of ketones is 1. The molecule has 1 aromatic carbocycles. The van der Waals surface area contributed by atoms with Gasteiger partial charge >= 0.3 is 5.69 Å². The maximum atomic E-state index is 13.5. The Labute approximate surface area is 203 Å². The van der Waals surface area contributed by atoms with Crippen LogP contribution in [0.3, 0.4) is 0 Å². The van der Waals surface area contributed by atoms with E-state index in [1.54, 1.807) is 17.7 Å². The topological polar surface area (TPSA) is 111 Å². The average molecular weight is 472 g/mol. The third-order valence-electron chi connectivity index (χ3n) is 7.04. The number of nitrogens with zero attached hydrogens (tertiary/aromatic N) is 6. The summed E-state index contributed by atoms with van der Waals surface area (Å²) in [6.07, 6.45) is 8.42. The summed E-state index contributed by atoms with van der Waals surface area (Å²) in [6.45, 7) is 6.23. The van der Waals surface area contributed by atoms with Crippen molar-refractivity contribution in [2.24, 2.45) is 11.8 Å². The lowest BCUT2D eigenvalue weighted by atomic mass is 10.00. The number of nitrogens with one attached hydrogen (secondary N) is 1. The number of unbranched alkanes of at least 4 members (excludes halogenated alkanes) is 1. The van der Waals surface area contributed by atoms with E-state index in [2.05, 4.69) is 32.5 Å². The number of aromatic nitrogens is 7. The number of tetrazole rings is 1. The summed E-state index contributed by atoms with van der Waals surface area (Å²) in [4.78, 5) is 29.9. The highest BCUT2D eigenvalue weighted by Gasteiger charge is 2.52. The molecule has 4 aromatic rings. The van der Waals surface area contributed by atoms with E-state index in [1.807, 2.05) is 54.2 Å². The fraction of sp³-hybridized carbons (Fsp3) is 0.385. The predicted octanol–water partition coefficient (Wildman–Crippen LogP) is 3.68. The Morgan fingerprint density at radius 2 is 1.91 bits per heavy atom. The molecule has 1 aliphatic rings. The summed E-state index contributed by atoms with van der Waals surface area (Å²) in [5.41, 5.74) is 4.84. The fourth-order valence-corrected chi connectivity index (χ4v) is 5.06. The molecule has 0 radical (unpaired) electrons. The first-order valence-electron chi connectivity index (χ1n) is 12.1. The van der Waals surface area contributed by atoms with Crippen molar-refractivity contribution in [3.63, 3.8) is 0 Å². The van der Waals surface area contributed by atoms with Gasteiger partial charge in [0.15, 0.2) is 5.82 Å². The average Bonchev–Trinajstić information content (AvgIpc) is 3.18. The van der Waals surface area contributed by atoms with Gasteiger partial charge in [-0.2, -0.15) is 0 Å². The van der Waals surface area contributed by atoms with Gasteiger partial charge in [0, 0.05) is 35.8 Å². The molecule has 9 nitrogen and oxygen atoms in total. The molecular weight excluding hydrogens is 442 g/mol. The number of H-pyrrole nitrogens is 1. The number of rotatable bonds is 9. The van der Waals surface area contributed by atoms with Gasteiger partial charge in [-0.1, -0.05) is 44.5 Å². The third kappa shape index (κ3) is 4.34. The first-order chi connectivity index (χ1) is 17.0.